The highest BCUT2D eigenvalue weighted by atomic mass is 35.5. The molecular formula is C14H10Cl2N4. The number of hydrogen-bond donors (Lipinski definition) is 2. The fraction of sp³-hybridized carbons (Fsp3) is 0. The van der Waals surface area contributed by atoms with E-state index in [1.165, 1.54) is 0 Å². The third-order valence-electron chi connectivity index (χ3n) is 2.75. The van der Waals surface area contributed by atoms with Gasteiger partial charge in [-0.3, -0.25) is 15.8 Å². The fourth-order valence-corrected chi connectivity index (χ4v) is 2.17. The van der Waals surface area contributed by atoms with E-state index < -0.39 is 0 Å². The number of aromatic nitrogens is 2. The molecule has 2 heterocycles. The van der Waals surface area contributed by atoms with Gasteiger partial charge in [0.1, 0.15) is 11.0 Å². The van der Waals surface area contributed by atoms with Gasteiger partial charge in [-0.1, -0.05) is 29.3 Å². The van der Waals surface area contributed by atoms with Crippen molar-refractivity contribution in [3.05, 3.63) is 58.8 Å². The molecule has 0 atom stereocenters. The SMILES string of the molecule is Clc1ccc2c(NNc3cccc(Cl)n3)ccnc2c1. The molecule has 3 aromatic rings. The maximum atomic E-state index is 5.96. The molecule has 0 saturated heterocycles. The molecule has 2 aromatic heterocycles. The quantitative estimate of drug-likeness (QED) is 0.557. The summed E-state index contributed by atoms with van der Waals surface area (Å²) in [5.74, 6) is 0.636. The van der Waals surface area contributed by atoms with Crippen LogP contribution < -0.4 is 10.9 Å². The first-order valence-corrected chi connectivity index (χ1v) is 6.67. The monoisotopic (exact) mass is 304 g/mol. The van der Waals surface area contributed by atoms with Crippen molar-refractivity contribution in [2.45, 2.75) is 0 Å². The summed E-state index contributed by atoms with van der Waals surface area (Å²) in [4.78, 5) is 8.42. The molecule has 0 fully saturated rings. The number of nitrogens with one attached hydrogen (secondary N) is 2. The number of pyridine rings is 2. The Labute approximate surface area is 125 Å². The molecule has 0 unspecified atom stereocenters. The van der Waals surface area contributed by atoms with Crippen LogP contribution in [0, 0.1) is 0 Å². The normalized spacial score (nSPS) is 10.5. The number of hydrazine groups is 1. The van der Waals surface area contributed by atoms with Gasteiger partial charge in [0, 0.05) is 16.6 Å². The number of hydrogen-bond acceptors (Lipinski definition) is 4. The number of benzene rings is 1. The molecule has 2 N–H and O–H groups in total. The van der Waals surface area contributed by atoms with Crippen LogP contribution in [0.15, 0.2) is 48.7 Å². The van der Waals surface area contributed by atoms with Gasteiger partial charge >= 0.3 is 0 Å². The van der Waals surface area contributed by atoms with Gasteiger partial charge in [-0.2, -0.15) is 0 Å². The van der Waals surface area contributed by atoms with Crippen molar-refractivity contribution in [3.8, 4) is 0 Å². The summed E-state index contributed by atoms with van der Waals surface area (Å²) in [6.45, 7) is 0. The van der Waals surface area contributed by atoms with Gasteiger partial charge in [0.05, 0.1) is 11.2 Å². The van der Waals surface area contributed by atoms with Crippen LogP contribution in [0.3, 0.4) is 0 Å². The summed E-state index contributed by atoms with van der Waals surface area (Å²) >= 11 is 11.8. The third kappa shape index (κ3) is 2.76. The van der Waals surface area contributed by atoms with E-state index in [9.17, 15) is 0 Å². The molecule has 0 aliphatic rings. The number of rotatable bonds is 3. The number of anilines is 2. The molecular weight excluding hydrogens is 295 g/mol. The summed E-state index contributed by atoms with van der Waals surface area (Å²) in [5.41, 5.74) is 7.80. The van der Waals surface area contributed by atoms with Gasteiger partial charge in [0.15, 0.2) is 0 Å². The number of fused-ring (bicyclic) bond motifs is 1. The second kappa shape index (κ2) is 5.53. The molecule has 4 nitrogen and oxygen atoms in total. The van der Waals surface area contributed by atoms with Crippen LogP contribution >= 0.6 is 23.2 Å². The largest absolute Gasteiger partial charge is 0.299 e. The average Bonchev–Trinajstić information content (AvgIpc) is 2.44. The lowest BCUT2D eigenvalue weighted by molar-refractivity contribution is 1.26. The summed E-state index contributed by atoms with van der Waals surface area (Å²) in [6.07, 6.45) is 1.72. The second-order valence-corrected chi connectivity index (χ2v) is 4.94. The molecule has 20 heavy (non-hydrogen) atoms. The van der Waals surface area contributed by atoms with Gasteiger partial charge in [-0.25, -0.2) is 4.98 Å². The lowest BCUT2D eigenvalue weighted by Gasteiger charge is -2.11. The average molecular weight is 305 g/mol. The van der Waals surface area contributed by atoms with Crippen molar-refractivity contribution < 1.29 is 0 Å². The lowest BCUT2D eigenvalue weighted by atomic mass is 10.2. The van der Waals surface area contributed by atoms with Crippen LogP contribution in [0.2, 0.25) is 10.2 Å². The molecule has 0 radical (unpaired) electrons. The predicted molar refractivity (Wildman–Crippen MR) is 83.2 cm³/mol. The van der Waals surface area contributed by atoms with E-state index >= 15 is 0 Å². The molecule has 0 aliphatic heterocycles. The smallest absolute Gasteiger partial charge is 0.146 e. The highest BCUT2D eigenvalue weighted by Crippen LogP contribution is 2.24. The summed E-state index contributed by atoms with van der Waals surface area (Å²) in [6, 6.07) is 12.8. The molecule has 0 aliphatic carbocycles. The van der Waals surface area contributed by atoms with E-state index in [4.69, 9.17) is 23.2 Å². The molecule has 0 spiro atoms. The minimum atomic E-state index is 0.433. The van der Waals surface area contributed by atoms with Crippen molar-refractivity contribution in [1.29, 1.82) is 0 Å². The fourth-order valence-electron chi connectivity index (χ4n) is 1.84. The van der Waals surface area contributed by atoms with E-state index in [1.807, 2.05) is 36.4 Å². The number of nitrogens with zero attached hydrogens (tertiary/aromatic N) is 2. The maximum absolute atomic E-state index is 5.96. The van der Waals surface area contributed by atoms with Crippen LogP contribution in [0.1, 0.15) is 0 Å². The Kier molecular flexibility index (Phi) is 3.58. The molecule has 3 rings (SSSR count). The highest BCUT2D eigenvalue weighted by Gasteiger charge is 2.02. The van der Waals surface area contributed by atoms with Gasteiger partial charge in [0.25, 0.3) is 0 Å². The van der Waals surface area contributed by atoms with E-state index in [-0.39, 0.29) is 0 Å². The first kappa shape index (κ1) is 13.0. The van der Waals surface area contributed by atoms with E-state index in [1.54, 1.807) is 12.3 Å². The predicted octanol–water partition coefficient (Wildman–Crippen LogP) is 4.38. The zero-order chi connectivity index (χ0) is 13.9. The minimum Gasteiger partial charge on any atom is -0.299 e. The van der Waals surface area contributed by atoms with Crippen LogP contribution in [0.4, 0.5) is 11.5 Å². The summed E-state index contributed by atoms with van der Waals surface area (Å²) in [5, 5.41) is 2.06. The third-order valence-corrected chi connectivity index (χ3v) is 3.19. The Morgan fingerprint density at radius 2 is 1.85 bits per heavy atom. The summed E-state index contributed by atoms with van der Waals surface area (Å²) in [7, 11) is 0. The molecule has 1 aromatic carbocycles. The van der Waals surface area contributed by atoms with E-state index in [2.05, 4.69) is 20.8 Å². The highest BCUT2D eigenvalue weighted by molar-refractivity contribution is 6.31. The lowest BCUT2D eigenvalue weighted by Crippen LogP contribution is -2.10. The van der Waals surface area contributed by atoms with Gasteiger partial charge < -0.3 is 0 Å². The Hall–Kier alpha value is -2.04. The first-order chi connectivity index (χ1) is 9.72. The molecule has 0 amide bonds. The van der Waals surface area contributed by atoms with Crippen LogP contribution in [0.5, 0.6) is 0 Å². The Morgan fingerprint density at radius 3 is 2.70 bits per heavy atom. The molecule has 6 heteroatoms. The Morgan fingerprint density at radius 1 is 0.950 bits per heavy atom. The zero-order valence-electron chi connectivity index (χ0n) is 10.3. The molecule has 0 saturated carbocycles. The van der Waals surface area contributed by atoms with Gasteiger partial charge in [-0.05, 0) is 36.4 Å². The van der Waals surface area contributed by atoms with Crippen molar-refractivity contribution in [2.75, 3.05) is 10.9 Å². The first-order valence-electron chi connectivity index (χ1n) is 5.91. The zero-order valence-corrected chi connectivity index (χ0v) is 11.8. The topological polar surface area (TPSA) is 49.8 Å². The minimum absolute atomic E-state index is 0.433. The molecule has 0 bridgehead atoms. The van der Waals surface area contributed by atoms with Crippen molar-refractivity contribution in [3.63, 3.8) is 0 Å². The number of halogens is 2. The Bertz CT molecular complexity index is 761. The van der Waals surface area contributed by atoms with Crippen LogP contribution in [-0.2, 0) is 0 Å². The molecule has 100 valence electrons. The van der Waals surface area contributed by atoms with E-state index in [0.29, 0.717) is 16.0 Å². The van der Waals surface area contributed by atoms with Crippen molar-refractivity contribution in [2.24, 2.45) is 0 Å². The van der Waals surface area contributed by atoms with Crippen molar-refractivity contribution in [1.82, 2.24) is 9.97 Å². The Balaban J connectivity index is 1.87. The second-order valence-electron chi connectivity index (χ2n) is 4.12. The summed E-state index contributed by atoms with van der Waals surface area (Å²) < 4.78 is 0. The van der Waals surface area contributed by atoms with Crippen LogP contribution in [0.25, 0.3) is 10.9 Å². The standard InChI is InChI=1S/C14H10Cl2N4/c15-9-4-5-10-11(6-7-17-12(10)8-9)19-20-14-3-1-2-13(16)18-14/h1-8H,(H,17,19)(H,18,20). The van der Waals surface area contributed by atoms with Crippen LogP contribution in [-0.4, -0.2) is 9.97 Å². The van der Waals surface area contributed by atoms with Gasteiger partial charge in [-0.15, -0.1) is 0 Å². The van der Waals surface area contributed by atoms with E-state index in [0.717, 1.165) is 16.6 Å². The van der Waals surface area contributed by atoms with Gasteiger partial charge in [0.2, 0.25) is 0 Å². The van der Waals surface area contributed by atoms with Crippen molar-refractivity contribution >= 4 is 45.6 Å². The maximum Gasteiger partial charge on any atom is 0.146 e.